The van der Waals surface area contributed by atoms with Crippen LogP contribution in [0.1, 0.15) is 42.3 Å². The Kier molecular flexibility index (Phi) is 7.49. The quantitative estimate of drug-likeness (QED) is 0.233. The van der Waals surface area contributed by atoms with Crippen molar-refractivity contribution in [1.29, 1.82) is 0 Å². The van der Waals surface area contributed by atoms with E-state index in [0.717, 1.165) is 28.1 Å². The van der Waals surface area contributed by atoms with Gasteiger partial charge in [-0.2, -0.15) is 10.1 Å². The third-order valence-corrected chi connectivity index (χ3v) is 5.23. The number of ether oxygens (including phenoxy) is 1. The molecule has 0 aliphatic heterocycles. The second-order valence-corrected chi connectivity index (χ2v) is 9.60. The molecule has 0 fully saturated rings. The van der Waals surface area contributed by atoms with Crippen LogP contribution in [0.5, 0.6) is 5.75 Å². The zero-order valence-electron chi connectivity index (χ0n) is 21.0. The molecule has 1 heterocycles. The Morgan fingerprint density at radius 3 is 2.33 bits per heavy atom. The summed E-state index contributed by atoms with van der Waals surface area (Å²) in [6, 6.07) is 27.0. The summed E-state index contributed by atoms with van der Waals surface area (Å²) < 4.78 is 5.87. The smallest absolute Gasteiger partial charge is 0.280 e. The van der Waals surface area contributed by atoms with E-state index in [-0.39, 0.29) is 11.4 Å². The summed E-state index contributed by atoms with van der Waals surface area (Å²) in [4.78, 5) is 17.0. The maximum absolute atomic E-state index is 12.7. The molecule has 0 atom stereocenters. The van der Waals surface area contributed by atoms with Crippen molar-refractivity contribution in [1.82, 2.24) is 15.5 Å². The first-order valence-corrected chi connectivity index (χ1v) is 11.8. The fourth-order valence-electron chi connectivity index (χ4n) is 3.43. The van der Waals surface area contributed by atoms with Crippen LogP contribution in [-0.2, 0) is 6.61 Å². The first-order valence-electron chi connectivity index (χ1n) is 11.8. The molecular weight excluding hydrogens is 450 g/mol. The van der Waals surface area contributed by atoms with Gasteiger partial charge in [0.2, 0.25) is 5.96 Å². The van der Waals surface area contributed by atoms with Crippen molar-refractivity contribution < 1.29 is 9.53 Å². The van der Waals surface area contributed by atoms with E-state index < -0.39 is 0 Å². The van der Waals surface area contributed by atoms with E-state index in [1.807, 2.05) is 100 Å². The number of hydrogen-bond donors (Lipinski definition) is 3. The van der Waals surface area contributed by atoms with Crippen LogP contribution in [0, 0.1) is 6.92 Å². The summed E-state index contributed by atoms with van der Waals surface area (Å²) >= 11 is 0. The number of carbonyl (C=O) groups excluding carboxylic acids is 1. The molecule has 0 radical (unpaired) electrons. The molecule has 36 heavy (non-hydrogen) atoms. The maximum Gasteiger partial charge on any atom is 0.280 e. The lowest BCUT2D eigenvalue weighted by Gasteiger charge is -2.23. The zero-order valence-corrected chi connectivity index (χ0v) is 21.0. The largest absolute Gasteiger partial charge is 0.489 e. The van der Waals surface area contributed by atoms with Crippen LogP contribution in [0.25, 0.3) is 11.3 Å². The molecule has 4 rings (SSSR count). The molecular formula is C29H31N5O2. The van der Waals surface area contributed by atoms with Crippen molar-refractivity contribution in [2.45, 2.75) is 39.8 Å². The van der Waals surface area contributed by atoms with E-state index in [4.69, 9.17) is 4.74 Å². The fraction of sp³-hybridized carbons (Fsp3) is 0.207. The second kappa shape index (κ2) is 10.9. The van der Waals surface area contributed by atoms with Crippen molar-refractivity contribution in [3.8, 4) is 17.0 Å². The molecule has 7 nitrogen and oxygen atoms in total. The number of aromatic nitrogens is 2. The van der Waals surface area contributed by atoms with E-state index in [1.165, 1.54) is 0 Å². The van der Waals surface area contributed by atoms with Gasteiger partial charge >= 0.3 is 0 Å². The zero-order chi connectivity index (χ0) is 25.5. The SMILES string of the molecule is Cc1ccc(C(=O)/N=C(\Nc2cc(-c3ccc(OCc4ccccc4)cc3)n[nH]2)NC(C)(C)C)cc1. The van der Waals surface area contributed by atoms with Gasteiger partial charge in [0.25, 0.3) is 5.91 Å². The van der Waals surface area contributed by atoms with Gasteiger partial charge in [-0.25, -0.2) is 0 Å². The highest BCUT2D eigenvalue weighted by molar-refractivity contribution is 6.06. The van der Waals surface area contributed by atoms with E-state index in [0.29, 0.717) is 23.9 Å². The minimum atomic E-state index is -0.333. The van der Waals surface area contributed by atoms with Crippen molar-refractivity contribution in [3.05, 3.63) is 102 Å². The molecule has 1 amide bonds. The van der Waals surface area contributed by atoms with Gasteiger partial charge < -0.3 is 15.4 Å². The van der Waals surface area contributed by atoms with Gasteiger partial charge in [-0.15, -0.1) is 0 Å². The predicted octanol–water partition coefficient (Wildman–Crippen LogP) is 5.96. The van der Waals surface area contributed by atoms with Crippen LogP contribution in [0.4, 0.5) is 5.82 Å². The van der Waals surface area contributed by atoms with Gasteiger partial charge in [-0.3, -0.25) is 9.89 Å². The summed E-state index contributed by atoms with van der Waals surface area (Å²) in [5.41, 5.74) is 4.11. The first kappa shape index (κ1) is 24.7. The number of H-pyrrole nitrogens is 1. The number of nitrogens with one attached hydrogen (secondary N) is 3. The van der Waals surface area contributed by atoms with Crippen LogP contribution in [-0.4, -0.2) is 27.6 Å². The van der Waals surface area contributed by atoms with Gasteiger partial charge in [0, 0.05) is 22.7 Å². The number of benzene rings is 3. The minimum absolute atomic E-state index is 0.308. The number of rotatable bonds is 6. The number of aliphatic imine (C=N–C) groups is 1. The summed E-state index contributed by atoms with van der Waals surface area (Å²) in [7, 11) is 0. The molecule has 0 aliphatic carbocycles. The van der Waals surface area contributed by atoms with Gasteiger partial charge in [0.15, 0.2) is 0 Å². The van der Waals surface area contributed by atoms with Crippen molar-refractivity contribution in [2.24, 2.45) is 4.99 Å². The number of anilines is 1. The van der Waals surface area contributed by atoms with Gasteiger partial charge in [-0.1, -0.05) is 48.0 Å². The average Bonchev–Trinajstić information content (AvgIpc) is 3.31. The number of hydrogen-bond acceptors (Lipinski definition) is 3. The summed E-state index contributed by atoms with van der Waals surface area (Å²) in [5.74, 6) is 1.41. The highest BCUT2D eigenvalue weighted by Gasteiger charge is 2.16. The Labute approximate surface area is 211 Å². The Bertz CT molecular complexity index is 1320. The van der Waals surface area contributed by atoms with Crippen LogP contribution in [0.2, 0.25) is 0 Å². The van der Waals surface area contributed by atoms with Crippen LogP contribution < -0.4 is 15.4 Å². The monoisotopic (exact) mass is 481 g/mol. The molecule has 3 N–H and O–H groups in total. The molecule has 1 aromatic heterocycles. The van der Waals surface area contributed by atoms with Gasteiger partial charge in [-0.05, 0) is 69.7 Å². The molecule has 0 unspecified atom stereocenters. The lowest BCUT2D eigenvalue weighted by atomic mass is 10.1. The van der Waals surface area contributed by atoms with Crippen molar-refractivity contribution >= 4 is 17.7 Å². The number of guanidine groups is 1. The summed E-state index contributed by atoms with van der Waals surface area (Å²) in [6.45, 7) is 8.49. The Hall–Kier alpha value is -4.39. The van der Waals surface area contributed by atoms with Crippen LogP contribution >= 0.6 is 0 Å². The molecule has 0 saturated carbocycles. The molecule has 0 spiro atoms. The molecule has 0 saturated heterocycles. The lowest BCUT2D eigenvalue weighted by molar-refractivity contribution is 0.100. The number of nitrogens with zero attached hydrogens (tertiary/aromatic N) is 2. The van der Waals surface area contributed by atoms with E-state index >= 15 is 0 Å². The topological polar surface area (TPSA) is 91.4 Å². The number of aromatic amines is 1. The molecule has 4 aromatic rings. The third kappa shape index (κ3) is 7.06. The van der Waals surface area contributed by atoms with Crippen LogP contribution in [0.15, 0.2) is 89.9 Å². The van der Waals surface area contributed by atoms with E-state index in [1.54, 1.807) is 12.1 Å². The summed E-state index contributed by atoms with van der Waals surface area (Å²) in [6.07, 6.45) is 0. The Morgan fingerprint density at radius 1 is 0.972 bits per heavy atom. The average molecular weight is 482 g/mol. The molecule has 0 bridgehead atoms. The Balaban J connectivity index is 1.45. The Morgan fingerprint density at radius 2 is 1.67 bits per heavy atom. The standard InChI is InChI=1S/C29H31N5O2/c1-20-10-12-23(13-11-20)27(35)31-28(32-29(2,3)4)30-26-18-25(33-34-26)22-14-16-24(17-15-22)36-19-21-8-6-5-7-9-21/h5-18H,19H2,1-4H3,(H3,30,31,32,33,34,35). The van der Waals surface area contributed by atoms with E-state index in [2.05, 4.69) is 25.8 Å². The van der Waals surface area contributed by atoms with E-state index in [9.17, 15) is 4.79 Å². The van der Waals surface area contributed by atoms with Crippen molar-refractivity contribution in [3.63, 3.8) is 0 Å². The van der Waals surface area contributed by atoms with Gasteiger partial charge in [0.05, 0.1) is 5.69 Å². The summed E-state index contributed by atoms with van der Waals surface area (Å²) in [5, 5.41) is 13.8. The number of carbonyl (C=O) groups is 1. The number of aryl methyl sites for hydroxylation is 1. The van der Waals surface area contributed by atoms with Crippen LogP contribution in [0.3, 0.4) is 0 Å². The third-order valence-electron chi connectivity index (χ3n) is 5.23. The molecule has 7 heteroatoms. The normalized spacial score (nSPS) is 11.7. The predicted molar refractivity (Wildman–Crippen MR) is 144 cm³/mol. The van der Waals surface area contributed by atoms with Crippen molar-refractivity contribution in [2.75, 3.05) is 5.32 Å². The van der Waals surface area contributed by atoms with Gasteiger partial charge in [0.1, 0.15) is 18.2 Å². The molecule has 184 valence electrons. The second-order valence-electron chi connectivity index (χ2n) is 9.60. The maximum atomic E-state index is 12.7. The molecule has 0 aliphatic rings. The number of amides is 1. The molecule has 3 aromatic carbocycles. The highest BCUT2D eigenvalue weighted by atomic mass is 16.5. The lowest BCUT2D eigenvalue weighted by Crippen LogP contribution is -2.44. The fourth-order valence-corrected chi connectivity index (χ4v) is 3.43. The highest BCUT2D eigenvalue weighted by Crippen LogP contribution is 2.23. The first-order chi connectivity index (χ1) is 17.2. The minimum Gasteiger partial charge on any atom is -0.489 e.